The molecular weight excluding hydrogens is 336 g/mol. The molecule has 2 aromatic rings. The standard InChI is InChI=1S/C18H18N4O4/c1-18(2)6-10-14(11(23)7-18)15(20-17-16(19-10)21-26-22-17)9-3-4-12-13(5-9)25-8-24-12/h3-5,15H,6-8H2,1-2H3,(H,19,21)(H,20,22). The van der Waals surface area contributed by atoms with E-state index in [1.807, 2.05) is 18.2 Å². The van der Waals surface area contributed by atoms with Gasteiger partial charge in [-0.2, -0.15) is 0 Å². The van der Waals surface area contributed by atoms with E-state index in [2.05, 4.69) is 34.8 Å². The molecule has 5 rings (SSSR count). The van der Waals surface area contributed by atoms with Gasteiger partial charge in [0.05, 0.1) is 6.04 Å². The fourth-order valence-corrected chi connectivity index (χ4v) is 3.84. The zero-order valence-corrected chi connectivity index (χ0v) is 14.5. The fraction of sp³-hybridized carbons (Fsp3) is 0.389. The lowest BCUT2D eigenvalue weighted by Gasteiger charge is -2.34. The molecule has 0 radical (unpaired) electrons. The zero-order chi connectivity index (χ0) is 17.9. The van der Waals surface area contributed by atoms with Crippen molar-refractivity contribution in [1.82, 2.24) is 10.3 Å². The molecule has 2 aliphatic heterocycles. The summed E-state index contributed by atoms with van der Waals surface area (Å²) in [5.41, 5.74) is 2.34. The van der Waals surface area contributed by atoms with Crippen molar-refractivity contribution < 1.29 is 18.9 Å². The van der Waals surface area contributed by atoms with Crippen molar-refractivity contribution in [2.45, 2.75) is 32.7 Å². The van der Waals surface area contributed by atoms with E-state index in [1.165, 1.54) is 0 Å². The molecule has 8 nitrogen and oxygen atoms in total. The van der Waals surface area contributed by atoms with Gasteiger partial charge in [-0.25, -0.2) is 4.63 Å². The van der Waals surface area contributed by atoms with E-state index >= 15 is 0 Å². The maximum absolute atomic E-state index is 13.0. The van der Waals surface area contributed by atoms with Crippen LogP contribution in [0.15, 0.2) is 34.1 Å². The molecule has 26 heavy (non-hydrogen) atoms. The molecule has 1 atom stereocenters. The van der Waals surface area contributed by atoms with Crippen molar-refractivity contribution in [2.75, 3.05) is 17.4 Å². The van der Waals surface area contributed by atoms with Gasteiger partial charge >= 0.3 is 0 Å². The molecule has 0 saturated carbocycles. The summed E-state index contributed by atoms with van der Waals surface area (Å²) in [5, 5.41) is 14.4. The van der Waals surface area contributed by atoms with E-state index in [9.17, 15) is 4.79 Å². The van der Waals surface area contributed by atoms with Crippen LogP contribution in [0.3, 0.4) is 0 Å². The van der Waals surface area contributed by atoms with Crippen LogP contribution in [-0.2, 0) is 4.79 Å². The molecule has 1 aromatic carbocycles. The Balaban J connectivity index is 1.65. The second-order valence-electron chi connectivity index (χ2n) is 7.61. The van der Waals surface area contributed by atoms with Gasteiger partial charge in [-0.3, -0.25) is 4.79 Å². The Morgan fingerprint density at radius 1 is 1.12 bits per heavy atom. The van der Waals surface area contributed by atoms with Crippen molar-refractivity contribution >= 4 is 17.4 Å². The molecule has 3 aliphatic rings. The highest BCUT2D eigenvalue weighted by Gasteiger charge is 2.40. The first-order valence-corrected chi connectivity index (χ1v) is 8.52. The van der Waals surface area contributed by atoms with Crippen LogP contribution in [-0.4, -0.2) is 22.9 Å². The van der Waals surface area contributed by atoms with Crippen molar-refractivity contribution in [3.63, 3.8) is 0 Å². The molecular formula is C18H18N4O4. The van der Waals surface area contributed by atoms with Crippen molar-refractivity contribution in [3.05, 3.63) is 35.0 Å². The first-order chi connectivity index (χ1) is 12.5. The third-order valence-corrected chi connectivity index (χ3v) is 4.98. The Labute approximate surface area is 149 Å². The number of ether oxygens (including phenoxy) is 2. The first kappa shape index (κ1) is 15.2. The molecule has 8 heteroatoms. The van der Waals surface area contributed by atoms with Crippen molar-refractivity contribution in [3.8, 4) is 11.5 Å². The number of carbonyl (C=O) groups excluding carboxylic acids is 1. The van der Waals surface area contributed by atoms with Crippen LogP contribution in [0.25, 0.3) is 0 Å². The minimum atomic E-state index is -0.372. The van der Waals surface area contributed by atoms with E-state index in [-0.39, 0.29) is 24.0 Å². The number of rotatable bonds is 1. The van der Waals surface area contributed by atoms with Gasteiger partial charge in [0.2, 0.25) is 18.4 Å². The summed E-state index contributed by atoms with van der Waals surface area (Å²) in [7, 11) is 0. The Morgan fingerprint density at radius 2 is 1.92 bits per heavy atom. The lowest BCUT2D eigenvalue weighted by atomic mass is 9.73. The van der Waals surface area contributed by atoms with Gasteiger partial charge in [0.15, 0.2) is 17.3 Å². The van der Waals surface area contributed by atoms with Crippen LogP contribution in [0.1, 0.15) is 38.3 Å². The van der Waals surface area contributed by atoms with E-state index in [4.69, 9.17) is 14.1 Å². The molecule has 0 saturated heterocycles. The molecule has 1 unspecified atom stereocenters. The number of fused-ring (bicyclic) bond motifs is 2. The van der Waals surface area contributed by atoms with Crippen LogP contribution in [0, 0.1) is 5.41 Å². The number of hydrogen-bond donors (Lipinski definition) is 2. The summed E-state index contributed by atoms with van der Waals surface area (Å²) in [6.45, 7) is 4.38. The van der Waals surface area contributed by atoms with Gasteiger partial charge in [-0.05, 0) is 39.8 Å². The largest absolute Gasteiger partial charge is 0.454 e. The van der Waals surface area contributed by atoms with Gasteiger partial charge in [0, 0.05) is 17.7 Å². The Bertz CT molecular complexity index is 946. The number of aromatic nitrogens is 2. The lowest BCUT2D eigenvalue weighted by Crippen LogP contribution is -2.31. The number of nitrogens with zero attached hydrogens (tertiary/aromatic N) is 2. The number of hydrogen-bond acceptors (Lipinski definition) is 8. The van der Waals surface area contributed by atoms with Gasteiger partial charge in [-0.1, -0.05) is 19.9 Å². The second kappa shape index (κ2) is 5.23. The summed E-state index contributed by atoms with van der Waals surface area (Å²) in [5.74, 6) is 2.46. The highest BCUT2D eigenvalue weighted by atomic mass is 16.7. The average molecular weight is 354 g/mol. The summed E-state index contributed by atoms with van der Waals surface area (Å²) < 4.78 is 15.8. The van der Waals surface area contributed by atoms with Crippen LogP contribution in [0.5, 0.6) is 11.5 Å². The predicted octanol–water partition coefficient (Wildman–Crippen LogP) is 3.02. The maximum atomic E-state index is 13.0. The summed E-state index contributed by atoms with van der Waals surface area (Å²) in [6, 6.07) is 5.32. The molecule has 0 fully saturated rings. The first-order valence-electron chi connectivity index (χ1n) is 8.52. The normalized spacial score (nSPS) is 22.8. The number of Topliss-reactive ketones (excluding diaryl/α,β-unsaturated/α-hetero) is 1. The minimum Gasteiger partial charge on any atom is -0.454 e. The lowest BCUT2D eigenvalue weighted by molar-refractivity contribution is -0.118. The smallest absolute Gasteiger partial charge is 0.231 e. The Hall–Kier alpha value is -3.03. The third-order valence-electron chi connectivity index (χ3n) is 4.98. The van der Waals surface area contributed by atoms with E-state index in [0.29, 0.717) is 35.1 Å². The molecule has 134 valence electrons. The number of ketones is 1. The number of anilines is 2. The highest BCUT2D eigenvalue weighted by molar-refractivity contribution is 6.00. The molecule has 2 N–H and O–H groups in total. The van der Waals surface area contributed by atoms with Crippen LogP contribution in [0.2, 0.25) is 0 Å². The summed E-state index contributed by atoms with van der Waals surface area (Å²) in [4.78, 5) is 13.0. The quantitative estimate of drug-likeness (QED) is 0.806. The number of carbonyl (C=O) groups is 1. The van der Waals surface area contributed by atoms with E-state index in [1.54, 1.807) is 0 Å². The van der Waals surface area contributed by atoms with Crippen LogP contribution >= 0.6 is 0 Å². The molecule has 0 amide bonds. The number of allylic oxidation sites excluding steroid dienone is 1. The summed E-state index contributed by atoms with van der Waals surface area (Å²) in [6.07, 6.45) is 1.23. The van der Waals surface area contributed by atoms with E-state index in [0.717, 1.165) is 17.7 Å². The van der Waals surface area contributed by atoms with E-state index < -0.39 is 0 Å². The van der Waals surface area contributed by atoms with Crippen molar-refractivity contribution in [1.29, 1.82) is 0 Å². The molecule has 0 spiro atoms. The predicted molar refractivity (Wildman–Crippen MR) is 91.9 cm³/mol. The fourth-order valence-electron chi connectivity index (χ4n) is 3.84. The topological polar surface area (TPSA) is 98.5 Å². The number of benzene rings is 1. The third kappa shape index (κ3) is 2.33. The van der Waals surface area contributed by atoms with Gasteiger partial charge in [0.25, 0.3) is 0 Å². The van der Waals surface area contributed by atoms with Crippen molar-refractivity contribution in [2.24, 2.45) is 5.41 Å². The molecule has 1 aliphatic carbocycles. The Morgan fingerprint density at radius 3 is 2.81 bits per heavy atom. The summed E-state index contributed by atoms with van der Waals surface area (Å²) >= 11 is 0. The SMILES string of the molecule is CC1(C)CC(=O)C2=C(C1)Nc1nonc1NC2c1ccc2c(c1)OCO2. The van der Waals surface area contributed by atoms with Crippen LogP contribution < -0.4 is 20.1 Å². The second-order valence-corrected chi connectivity index (χ2v) is 7.61. The molecule has 1 aromatic heterocycles. The molecule has 3 heterocycles. The zero-order valence-electron chi connectivity index (χ0n) is 14.5. The van der Waals surface area contributed by atoms with Gasteiger partial charge in [0.1, 0.15) is 0 Å². The highest BCUT2D eigenvalue weighted by Crippen LogP contribution is 2.46. The maximum Gasteiger partial charge on any atom is 0.231 e. The minimum absolute atomic E-state index is 0.112. The van der Waals surface area contributed by atoms with Gasteiger partial charge in [-0.15, -0.1) is 0 Å². The molecule has 0 bridgehead atoms. The Kier molecular flexibility index (Phi) is 3.07. The average Bonchev–Trinajstić information content (AvgIpc) is 3.18. The van der Waals surface area contributed by atoms with Gasteiger partial charge < -0.3 is 20.1 Å². The number of nitrogens with one attached hydrogen (secondary N) is 2. The van der Waals surface area contributed by atoms with Crippen LogP contribution in [0.4, 0.5) is 11.6 Å². The monoisotopic (exact) mass is 354 g/mol.